The Morgan fingerprint density at radius 1 is 1.25 bits per heavy atom. The summed E-state index contributed by atoms with van der Waals surface area (Å²) < 4.78 is 30.8. The molecule has 16 heavy (non-hydrogen) atoms. The number of fused-ring (bicyclic) bond motifs is 1. The summed E-state index contributed by atoms with van der Waals surface area (Å²) in [5, 5.41) is 18.7. The van der Waals surface area contributed by atoms with E-state index in [1.165, 1.54) is 12.1 Å². The first-order valence-corrected chi connectivity index (χ1v) is 5.76. The quantitative estimate of drug-likeness (QED) is 0.536. The molecule has 0 aromatic heterocycles. The smallest absolute Gasteiger partial charge is 0.319 e. The Morgan fingerprint density at radius 2 is 1.88 bits per heavy atom. The highest BCUT2D eigenvalue weighted by Gasteiger charge is 2.42. The molecular formula is C9H9NO5S. The van der Waals surface area contributed by atoms with Crippen LogP contribution in [0.4, 0.5) is 5.69 Å². The summed E-state index contributed by atoms with van der Waals surface area (Å²) in [7, 11) is -4.79. The van der Waals surface area contributed by atoms with Gasteiger partial charge in [-0.3, -0.25) is 4.55 Å². The van der Waals surface area contributed by atoms with Gasteiger partial charge in [0.25, 0.3) is 5.06 Å². The van der Waals surface area contributed by atoms with Crippen molar-refractivity contribution in [2.45, 2.75) is 5.06 Å². The van der Waals surface area contributed by atoms with Gasteiger partial charge in [-0.1, -0.05) is 12.1 Å². The highest BCUT2D eigenvalue weighted by atomic mass is 32.2. The zero-order chi connectivity index (χ0) is 12.0. The number of para-hydroxylation sites is 1. The van der Waals surface area contributed by atoms with Crippen LogP contribution in [-0.2, 0) is 10.1 Å². The number of aliphatic hydroxyl groups excluding tert-OH is 1. The van der Waals surface area contributed by atoms with E-state index in [-0.39, 0.29) is 5.69 Å². The minimum atomic E-state index is -4.79. The lowest BCUT2D eigenvalue weighted by atomic mass is 10.1. The number of aliphatic hydroxyl groups is 2. The molecule has 1 aliphatic rings. The van der Waals surface area contributed by atoms with E-state index in [0.717, 1.165) is 0 Å². The predicted octanol–water partition coefficient (Wildman–Crippen LogP) is 0.545. The number of anilines is 1. The molecular weight excluding hydrogens is 234 g/mol. The Morgan fingerprint density at radius 3 is 2.50 bits per heavy atom. The summed E-state index contributed by atoms with van der Waals surface area (Å²) >= 11 is 0. The Labute approximate surface area is 91.6 Å². The normalized spacial score (nSPS) is 24.2. The van der Waals surface area contributed by atoms with Gasteiger partial charge < -0.3 is 15.5 Å². The highest BCUT2D eigenvalue weighted by Crippen LogP contribution is 2.33. The second-order valence-corrected chi connectivity index (χ2v) is 4.94. The molecule has 1 unspecified atom stereocenters. The molecule has 6 nitrogen and oxygen atoms in total. The van der Waals surface area contributed by atoms with Crippen LogP contribution in [0.3, 0.4) is 0 Å². The van der Waals surface area contributed by atoms with E-state index in [1.54, 1.807) is 12.1 Å². The van der Waals surface area contributed by atoms with Crippen molar-refractivity contribution in [2.24, 2.45) is 0 Å². The topological polar surface area (TPSA) is 107 Å². The summed E-state index contributed by atoms with van der Waals surface area (Å²) in [6.45, 7) is 0. The lowest BCUT2D eigenvalue weighted by molar-refractivity contribution is 0.186. The van der Waals surface area contributed by atoms with Crippen molar-refractivity contribution < 1.29 is 23.2 Å². The average molecular weight is 243 g/mol. The maximum absolute atomic E-state index is 11.0. The fraction of sp³-hybridized carbons (Fsp3) is 0.111. The molecule has 86 valence electrons. The Hall–Kier alpha value is -1.57. The Bertz CT molecular complexity index is 565. The van der Waals surface area contributed by atoms with Crippen LogP contribution in [0.1, 0.15) is 5.56 Å². The highest BCUT2D eigenvalue weighted by molar-refractivity contribution is 7.87. The van der Waals surface area contributed by atoms with Gasteiger partial charge in [0, 0.05) is 17.3 Å². The van der Waals surface area contributed by atoms with Gasteiger partial charge in [0.1, 0.15) is 5.76 Å². The molecule has 1 heterocycles. The Kier molecular flexibility index (Phi) is 2.19. The van der Waals surface area contributed by atoms with Gasteiger partial charge in [-0.15, -0.1) is 0 Å². The molecule has 1 aromatic rings. The van der Waals surface area contributed by atoms with E-state index in [1.807, 2.05) is 0 Å². The van der Waals surface area contributed by atoms with Crippen LogP contribution in [0.5, 0.6) is 0 Å². The van der Waals surface area contributed by atoms with Crippen LogP contribution in [-0.4, -0.2) is 28.2 Å². The van der Waals surface area contributed by atoms with Crippen LogP contribution in [0.15, 0.2) is 30.3 Å². The zero-order valence-electron chi connectivity index (χ0n) is 7.95. The van der Waals surface area contributed by atoms with Crippen molar-refractivity contribution in [3.05, 3.63) is 35.9 Å². The number of benzene rings is 1. The second-order valence-electron chi connectivity index (χ2n) is 3.37. The van der Waals surface area contributed by atoms with Crippen molar-refractivity contribution in [3.63, 3.8) is 0 Å². The molecule has 2 rings (SSSR count). The molecule has 0 spiro atoms. The summed E-state index contributed by atoms with van der Waals surface area (Å²) in [4.78, 5) is 0. The van der Waals surface area contributed by atoms with Gasteiger partial charge in [-0.25, -0.2) is 0 Å². The molecule has 0 radical (unpaired) electrons. The van der Waals surface area contributed by atoms with Crippen LogP contribution in [0, 0.1) is 0 Å². The molecule has 0 saturated carbocycles. The standard InChI is InChI=1S/C9H9NO5S/c11-8-5-9(12,16(13,14)15)10-7-4-2-1-3-6(7)8/h1-5,10-12H,(H,13,14,15). The summed E-state index contributed by atoms with van der Waals surface area (Å²) in [5.41, 5.74) is 0.554. The summed E-state index contributed by atoms with van der Waals surface area (Å²) in [6, 6.07) is 6.24. The van der Waals surface area contributed by atoms with Gasteiger partial charge >= 0.3 is 10.1 Å². The van der Waals surface area contributed by atoms with Crippen LogP contribution >= 0.6 is 0 Å². The minimum Gasteiger partial charge on any atom is -0.507 e. The molecule has 0 aliphatic carbocycles. The van der Waals surface area contributed by atoms with Crippen LogP contribution in [0.25, 0.3) is 5.76 Å². The zero-order valence-corrected chi connectivity index (χ0v) is 8.77. The molecule has 1 aliphatic heterocycles. The van der Waals surface area contributed by atoms with Crippen molar-refractivity contribution in [1.82, 2.24) is 0 Å². The molecule has 4 N–H and O–H groups in total. The third-order valence-corrected chi connectivity index (χ3v) is 3.25. The van der Waals surface area contributed by atoms with Gasteiger partial charge in [0.15, 0.2) is 0 Å². The van der Waals surface area contributed by atoms with Crippen molar-refractivity contribution >= 4 is 21.6 Å². The maximum Gasteiger partial charge on any atom is 0.319 e. The molecule has 0 bridgehead atoms. The Balaban J connectivity index is 2.61. The van der Waals surface area contributed by atoms with Gasteiger partial charge in [0.05, 0.1) is 0 Å². The number of hydrogen-bond donors (Lipinski definition) is 4. The summed E-state index contributed by atoms with van der Waals surface area (Å²) in [5.74, 6) is -0.422. The molecule has 0 amide bonds. The first-order valence-electron chi connectivity index (χ1n) is 4.32. The third-order valence-electron chi connectivity index (χ3n) is 2.24. The van der Waals surface area contributed by atoms with Gasteiger partial charge in [-0.05, 0) is 12.1 Å². The molecule has 1 atom stereocenters. The lowest BCUT2D eigenvalue weighted by Gasteiger charge is -2.28. The largest absolute Gasteiger partial charge is 0.507 e. The van der Waals surface area contributed by atoms with E-state index < -0.39 is 20.9 Å². The molecule has 0 fully saturated rings. The fourth-order valence-corrected chi connectivity index (χ4v) is 1.95. The number of nitrogens with one attached hydrogen (secondary N) is 1. The molecule has 7 heteroatoms. The number of rotatable bonds is 1. The van der Waals surface area contributed by atoms with E-state index in [4.69, 9.17) is 4.55 Å². The first kappa shape index (κ1) is 10.9. The molecule has 0 saturated heterocycles. The van der Waals surface area contributed by atoms with Gasteiger partial charge in [-0.2, -0.15) is 8.42 Å². The van der Waals surface area contributed by atoms with Crippen molar-refractivity contribution in [1.29, 1.82) is 0 Å². The minimum absolute atomic E-state index is 0.211. The second kappa shape index (κ2) is 3.21. The predicted molar refractivity (Wildman–Crippen MR) is 57.2 cm³/mol. The average Bonchev–Trinajstić information content (AvgIpc) is 2.15. The van der Waals surface area contributed by atoms with Gasteiger partial charge in [0.2, 0.25) is 0 Å². The summed E-state index contributed by atoms with van der Waals surface area (Å²) in [6.07, 6.45) is 0.630. The van der Waals surface area contributed by atoms with Crippen LogP contribution in [0.2, 0.25) is 0 Å². The van der Waals surface area contributed by atoms with Crippen molar-refractivity contribution in [3.8, 4) is 0 Å². The van der Waals surface area contributed by atoms with Crippen LogP contribution < -0.4 is 5.32 Å². The fourth-order valence-electron chi connectivity index (χ4n) is 1.45. The van der Waals surface area contributed by atoms with E-state index >= 15 is 0 Å². The third kappa shape index (κ3) is 1.54. The molecule has 1 aromatic carbocycles. The monoisotopic (exact) mass is 243 g/mol. The first-order chi connectivity index (χ1) is 7.33. The maximum atomic E-state index is 11.0. The van der Waals surface area contributed by atoms with Crippen molar-refractivity contribution in [2.75, 3.05) is 5.32 Å². The van der Waals surface area contributed by atoms with E-state index in [9.17, 15) is 18.6 Å². The number of hydrogen-bond acceptors (Lipinski definition) is 5. The SMILES string of the molecule is O=S(=O)(O)C1(O)C=C(O)c2ccccc2N1. The lowest BCUT2D eigenvalue weighted by Crippen LogP contribution is -2.46. The van der Waals surface area contributed by atoms with E-state index in [2.05, 4.69) is 5.32 Å². The van der Waals surface area contributed by atoms with E-state index in [0.29, 0.717) is 11.6 Å².